The summed E-state index contributed by atoms with van der Waals surface area (Å²) in [5, 5.41) is 10.4. The molecule has 4 nitrogen and oxygen atoms in total. The van der Waals surface area contributed by atoms with Gasteiger partial charge in [0.25, 0.3) is 0 Å². The summed E-state index contributed by atoms with van der Waals surface area (Å²) in [7, 11) is 0. The Hall–Kier alpha value is -1.69. The maximum Gasteiger partial charge on any atom is 0.153 e. The fourth-order valence-corrected chi connectivity index (χ4v) is 1.69. The van der Waals surface area contributed by atoms with Crippen molar-refractivity contribution < 1.29 is 9.02 Å². The smallest absolute Gasteiger partial charge is 0.153 e. The van der Waals surface area contributed by atoms with Crippen LogP contribution in [-0.2, 0) is 0 Å². The number of aromatic nitrogens is 2. The van der Waals surface area contributed by atoms with Crippen LogP contribution in [0.1, 0.15) is 11.4 Å². The Bertz CT molecular complexity index is 568. The van der Waals surface area contributed by atoms with Gasteiger partial charge in [-0.05, 0) is 46.2 Å². The highest BCUT2D eigenvalue weighted by atomic mass is 79.9. The van der Waals surface area contributed by atoms with Crippen LogP contribution < -0.4 is 5.32 Å². The molecule has 0 aliphatic heterocycles. The van der Waals surface area contributed by atoms with E-state index in [0.717, 1.165) is 0 Å². The van der Waals surface area contributed by atoms with Gasteiger partial charge in [-0.2, -0.15) is 0 Å². The topological polar surface area (TPSA) is 51.0 Å². The Balaban J connectivity index is 2.19. The maximum absolute atomic E-state index is 13.0. The van der Waals surface area contributed by atoms with Crippen molar-refractivity contribution in [1.29, 1.82) is 0 Å². The second-order valence-corrected chi connectivity index (χ2v) is 4.29. The van der Waals surface area contributed by atoms with Crippen LogP contribution in [0, 0.1) is 12.7 Å². The Labute approximate surface area is 106 Å². The molecular formula is C11H9BrFN3O. The van der Waals surface area contributed by atoms with E-state index < -0.39 is 0 Å². The van der Waals surface area contributed by atoms with Crippen molar-refractivity contribution >= 4 is 27.3 Å². The van der Waals surface area contributed by atoms with Crippen molar-refractivity contribution in [3.63, 3.8) is 0 Å². The number of hydrogen-bond donors (Lipinski definition) is 1. The molecule has 6 heteroatoms. The SMILES string of the molecule is C=C(Nc1ccc(F)c(Br)c1)c1nonc1C. The number of hydrogen-bond acceptors (Lipinski definition) is 4. The summed E-state index contributed by atoms with van der Waals surface area (Å²) in [6.45, 7) is 5.59. The van der Waals surface area contributed by atoms with Crippen LogP contribution in [0.25, 0.3) is 5.70 Å². The highest BCUT2D eigenvalue weighted by Crippen LogP contribution is 2.23. The molecule has 0 unspecified atom stereocenters. The van der Waals surface area contributed by atoms with Gasteiger partial charge in [0.05, 0.1) is 10.2 Å². The lowest BCUT2D eigenvalue weighted by Gasteiger charge is -2.07. The van der Waals surface area contributed by atoms with Gasteiger partial charge in [-0.3, -0.25) is 0 Å². The number of nitrogens with one attached hydrogen (secondary N) is 1. The van der Waals surface area contributed by atoms with E-state index in [-0.39, 0.29) is 5.82 Å². The molecule has 0 aliphatic carbocycles. The molecule has 2 aromatic rings. The summed E-state index contributed by atoms with van der Waals surface area (Å²) < 4.78 is 18.0. The predicted octanol–water partition coefficient (Wildman–Crippen LogP) is 3.36. The van der Waals surface area contributed by atoms with Crippen LogP contribution in [0.5, 0.6) is 0 Å². The average molecular weight is 298 g/mol. The van der Waals surface area contributed by atoms with Crippen molar-refractivity contribution in [3.05, 3.63) is 46.5 Å². The lowest BCUT2D eigenvalue weighted by Crippen LogP contribution is -1.99. The van der Waals surface area contributed by atoms with Crippen LogP contribution in [0.2, 0.25) is 0 Å². The van der Waals surface area contributed by atoms with Gasteiger partial charge < -0.3 is 5.32 Å². The molecule has 0 spiro atoms. The predicted molar refractivity (Wildman–Crippen MR) is 65.8 cm³/mol. The molecule has 1 aromatic heterocycles. The highest BCUT2D eigenvalue weighted by molar-refractivity contribution is 9.10. The molecule has 0 fully saturated rings. The first-order valence-corrected chi connectivity index (χ1v) is 5.57. The summed E-state index contributed by atoms with van der Waals surface area (Å²) in [4.78, 5) is 0. The molecule has 2 rings (SSSR count). The van der Waals surface area contributed by atoms with Gasteiger partial charge in [-0.15, -0.1) is 0 Å². The lowest BCUT2D eigenvalue weighted by atomic mass is 10.2. The van der Waals surface area contributed by atoms with Crippen molar-refractivity contribution in [2.75, 3.05) is 5.32 Å². The molecular weight excluding hydrogens is 289 g/mol. The number of halogens is 2. The molecule has 1 aromatic carbocycles. The zero-order valence-corrected chi connectivity index (χ0v) is 10.6. The van der Waals surface area contributed by atoms with E-state index in [2.05, 4.69) is 42.8 Å². The first-order valence-electron chi connectivity index (χ1n) is 4.78. The molecule has 0 amide bonds. The van der Waals surface area contributed by atoms with Crippen LogP contribution >= 0.6 is 15.9 Å². The van der Waals surface area contributed by atoms with E-state index >= 15 is 0 Å². The molecule has 17 heavy (non-hydrogen) atoms. The highest BCUT2D eigenvalue weighted by Gasteiger charge is 2.10. The molecule has 1 heterocycles. The maximum atomic E-state index is 13.0. The van der Waals surface area contributed by atoms with E-state index in [9.17, 15) is 4.39 Å². The minimum Gasteiger partial charge on any atom is -0.354 e. The third-order valence-electron chi connectivity index (χ3n) is 2.15. The Morgan fingerprint density at radius 2 is 2.24 bits per heavy atom. The fourth-order valence-electron chi connectivity index (χ4n) is 1.31. The van der Waals surface area contributed by atoms with Crippen LogP contribution in [-0.4, -0.2) is 10.3 Å². The van der Waals surface area contributed by atoms with E-state index in [4.69, 9.17) is 0 Å². The lowest BCUT2D eigenvalue weighted by molar-refractivity contribution is 0.303. The van der Waals surface area contributed by atoms with E-state index in [1.165, 1.54) is 6.07 Å². The van der Waals surface area contributed by atoms with Crippen molar-refractivity contribution in [1.82, 2.24) is 10.3 Å². The Morgan fingerprint density at radius 3 is 2.82 bits per heavy atom. The van der Waals surface area contributed by atoms with Gasteiger partial charge in [0.1, 0.15) is 11.5 Å². The van der Waals surface area contributed by atoms with Crippen molar-refractivity contribution in [3.8, 4) is 0 Å². The van der Waals surface area contributed by atoms with Crippen LogP contribution in [0.3, 0.4) is 0 Å². The van der Waals surface area contributed by atoms with E-state index in [1.54, 1.807) is 19.1 Å². The monoisotopic (exact) mass is 297 g/mol. The molecule has 0 bridgehead atoms. The van der Waals surface area contributed by atoms with Crippen LogP contribution in [0.15, 0.2) is 33.9 Å². The van der Waals surface area contributed by atoms with Gasteiger partial charge in [0.15, 0.2) is 5.69 Å². The number of rotatable bonds is 3. The molecule has 88 valence electrons. The zero-order chi connectivity index (χ0) is 12.4. The summed E-state index contributed by atoms with van der Waals surface area (Å²) in [6, 6.07) is 4.57. The third-order valence-corrected chi connectivity index (χ3v) is 2.76. The number of aryl methyl sites for hydroxylation is 1. The summed E-state index contributed by atoms with van der Waals surface area (Å²) >= 11 is 3.11. The van der Waals surface area contributed by atoms with Gasteiger partial charge in [0, 0.05) is 5.69 Å². The molecule has 0 aliphatic rings. The van der Waals surface area contributed by atoms with Gasteiger partial charge in [-0.1, -0.05) is 11.7 Å². The quantitative estimate of drug-likeness (QED) is 0.944. The molecule has 0 saturated heterocycles. The van der Waals surface area contributed by atoms with Crippen molar-refractivity contribution in [2.24, 2.45) is 0 Å². The van der Waals surface area contributed by atoms with Crippen molar-refractivity contribution in [2.45, 2.75) is 6.92 Å². The summed E-state index contributed by atoms with van der Waals surface area (Å²) in [5.41, 5.74) is 2.43. The summed E-state index contributed by atoms with van der Waals surface area (Å²) in [6.07, 6.45) is 0. The summed E-state index contributed by atoms with van der Waals surface area (Å²) in [5.74, 6) is -0.319. The Kier molecular flexibility index (Phi) is 3.23. The number of nitrogens with zero attached hydrogens (tertiary/aromatic N) is 2. The first-order chi connectivity index (χ1) is 8.08. The first kappa shape index (κ1) is 11.8. The standard InChI is InChI=1S/C11H9BrFN3O/c1-6(11-7(2)15-17-16-11)14-8-3-4-10(13)9(12)5-8/h3-5,14H,1H2,2H3. The fraction of sp³-hybridized carbons (Fsp3) is 0.0909. The second-order valence-electron chi connectivity index (χ2n) is 3.43. The Morgan fingerprint density at radius 1 is 1.47 bits per heavy atom. The number of anilines is 1. The molecule has 1 N–H and O–H groups in total. The molecule has 0 saturated carbocycles. The number of benzene rings is 1. The van der Waals surface area contributed by atoms with Gasteiger partial charge >= 0.3 is 0 Å². The minimum absolute atomic E-state index is 0.319. The zero-order valence-electron chi connectivity index (χ0n) is 9.00. The van der Waals surface area contributed by atoms with Gasteiger partial charge in [-0.25, -0.2) is 9.02 Å². The minimum atomic E-state index is -0.319. The van der Waals surface area contributed by atoms with E-state index in [1.807, 2.05) is 0 Å². The largest absolute Gasteiger partial charge is 0.354 e. The average Bonchev–Trinajstić information content (AvgIpc) is 2.70. The second kappa shape index (κ2) is 4.67. The molecule has 0 radical (unpaired) electrons. The third kappa shape index (κ3) is 2.52. The van der Waals surface area contributed by atoms with Gasteiger partial charge in [0.2, 0.25) is 0 Å². The van der Waals surface area contributed by atoms with E-state index in [0.29, 0.717) is 27.2 Å². The van der Waals surface area contributed by atoms with Crippen LogP contribution in [0.4, 0.5) is 10.1 Å². The normalized spacial score (nSPS) is 10.3. The molecule has 0 atom stereocenters.